The van der Waals surface area contributed by atoms with Crippen molar-refractivity contribution in [1.29, 1.82) is 0 Å². The summed E-state index contributed by atoms with van der Waals surface area (Å²) in [7, 11) is 0. The largest absolute Gasteiger partial charge is 0.354 e. The number of aromatic nitrogens is 2. The van der Waals surface area contributed by atoms with Gasteiger partial charge in [-0.1, -0.05) is 17.7 Å². The second-order valence-electron chi connectivity index (χ2n) is 6.89. The Balaban J connectivity index is 1.38. The minimum atomic E-state index is -0.248. The van der Waals surface area contributed by atoms with Crippen LogP contribution in [0.2, 0.25) is 5.02 Å². The molecule has 3 rings (SSSR count). The molecule has 5 nitrogen and oxygen atoms in total. The molecule has 0 spiro atoms. The number of hydrogen-bond donors (Lipinski definition) is 1. The molecule has 7 heteroatoms. The first-order valence-corrected chi connectivity index (χ1v) is 9.30. The van der Waals surface area contributed by atoms with E-state index in [2.05, 4.69) is 15.3 Å². The van der Waals surface area contributed by atoms with Crippen molar-refractivity contribution >= 4 is 17.5 Å². The zero-order valence-corrected chi connectivity index (χ0v) is 15.7. The Morgan fingerprint density at radius 2 is 2.27 bits per heavy atom. The van der Waals surface area contributed by atoms with E-state index in [0.717, 1.165) is 31.6 Å². The van der Waals surface area contributed by atoms with Gasteiger partial charge in [0.05, 0.1) is 0 Å². The van der Waals surface area contributed by atoms with E-state index in [9.17, 15) is 9.18 Å². The van der Waals surface area contributed by atoms with Gasteiger partial charge in [-0.3, -0.25) is 14.4 Å². The van der Waals surface area contributed by atoms with Gasteiger partial charge in [0.1, 0.15) is 12.4 Å². The zero-order valence-electron chi connectivity index (χ0n) is 14.9. The average Bonchev–Trinajstić information content (AvgIpc) is 3.20. The molecule has 1 aliphatic heterocycles. The smallest absolute Gasteiger partial charge is 0.241 e. The number of amides is 1. The molecule has 0 aliphatic carbocycles. The van der Waals surface area contributed by atoms with E-state index in [1.54, 1.807) is 23.0 Å². The minimum Gasteiger partial charge on any atom is -0.354 e. The number of rotatable bonds is 7. The lowest BCUT2D eigenvalue weighted by Gasteiger charge is -2.17. The van der Waals surface area contributed by atoms with Gasteiger partial charge in [-0.15, -0.1) is 0 Å². The molecule has 0 radical (unpaired) electrons. The second kappa shape index (κ2) is 8.64. The molecule has 140 valence electrons. The van der Waals surface area contributed by atoms with Crippen LogP contribution >= 0.6 is 11.6 Å². The van der Waals surface area contributed by atoms with Crippen molar-refractivity contribution in [2.75, 3.05) is 19.6 Å². The van der Waals surface area contributed by atoms with Crippen LogP contribution in [0.1, 0.15) is 24.1 Å². The van der Waals surface area contributed by atoms with Crippen LogP contribution in [-0.2, 0) is 17.9 Å². The average molecular weight is 379 g/mol. The molecule has 1 aromatic heterocycles. The molecule has 1 saturated heterocycles. The maximum Gasteiger partial charge on any atom is 0.241 e. The van der Waals surface area contributed by atoms with Crippen LogP contribution in [-0.4, -0.2) is 40.2 Å². The van der Waals surface area contributed by atoms with E-state index in [1.165, 1.54) is 6.07 Å². The summed E-state index contributed by atoms with van der Waals surface area (Å²) in [6.07, 6.45) is 3.70. The molecule has 1 atom stereocenters. The quantitative estimate of drug-likeness (QED) is 0.805. The predicted octanol–water partition coefficient (Wildman–Crippen LogP) is 3.01. The third-order valence-electron chi connectivity index (χ3n) is 4.88. The number of benzene rings is 1. The highest BCUT2D eigenvalue weighted by atomic mass is 35.5. The summed E-state index contributed by atoms with van der Waals surface area (Å²) >= 11 is 5.80. The Morgan fingerprint density at radius 1 is 1.42 bits per heavy atom. The number of aryl methyl sites for hydroxylation is 1. The SMILES string of the molecule is Cc1ccnn1CC(=O)NCCC1CCN(Cc2ccc(Cl)cc2F)C1. The number of hydrogen-bond acceptors (Lipinski definition) is 3. The Hall–Kier alpha value is -1.92. The topological polar surface area (TPSA) is 50.2 Å². The zero-order chi connectivity index (χ0) is 18.5. The Labute approximate surface area is 158 Å². The molecule has 1 aliphatic rings. The molecule has 1 aromatic carbocycles. The standard InChI is InChI=1S/C19H24ClFN4O/c1-14-4-8-23-25(14)13-19(26)22-7-5-15-6-9-24(11-15)12-16-2-3-17(20)10-18(16)21/h2-4,8,10,15H,5-7,9,11-13H2,1H3,(H,22,26). The summed E-state index contributed by atoms with van der Waals surface area (Å²) in [5.41, 5.74) is 1.65. The van der Waals surface area contributed by atoms with Crippen LogP contribution in [0, 0.1) is 18.7 Å². The van der Waals surface area contributed by atoms with Gasteiger partial charge in [-0.2, -0.15) is 5.10 Å². The van der Waals surface area contributed by atoms with Crippen LogP contribution in [0.4, 0.5) is 4.39 Å². The lowest BCUT2D eigenvalue weighted by Crippen LogP contribution is -2.30. The fourth-order valence-electron chi connectivity index (χ4n) is 3.35. The van der Waals surface area contributed by atoms with E-state index < -0.39 is 0 Å². The summed E-state index contributed by atoms with van der Waals surface area (Å²) in [4.78, 5) is 14.2. The van der Waals surface area contributed by atoms with Crippen molar-refractivity contribution in [3.05, 3.63) is 52.6 Å². The molecule has 2 aromatic rings. The maximum atomic E-state index is 13.9. The van der Waals surface area contributed by atoms with Crippen molar-refractivity contribution in [3.63, 3.8) is 0 Å². The molecule has 26 heavy (non-hydrogen) atoms. The molecule has 0 saturated carbocycles. The number of nitrogens with zero attached hydrogens (tertiary/aromatic N) is 3. The van der Waals surface area contributed by atoms with Gasteiger partial charge < -0.3 is 5.32 Å². The van der Waals surface area contributed by atoms with Crippen LogP contribution in [0.25, 0.3) is 0 Å². The molecular formula is C19H24ClFN4O. The van der Waals surface area contributed by atoms with Crippen molar-refractivity contribution < 1.29 is 9.18 Å². The van der Waals surface area contributed by atoms with E-state index in [-0.39, 0.29) is 18.3 Å². The third kappa shape index (κ3) is 5.05. The molecular weight excluding hydrogens is 355 g/mol. The van der Waals surface area contributed by atoms with E-state index in [0.29, 0.717) is 29.6 Å². The minimum absolute atomic E-state index is 0.0186. The number of carbonyl (C=O) groups is 1. The molecule has 1 fully saturated rings. The monoisotopic (exact) mass is 378 g/mol. The van der Waals surface area contributed by atoms with Gasteiger partial charge in [-0.05, 0) is 50.4 Å². The van der Waals surface area contributed by atoms with Crippen LogP contribution in [0.15, 0.2) is 30.5 Å². The number of carbonyl (C=O) groups excluding carboxylic acids is 1. The molecule has 0 bridgehead atoms. The van der Waals surface area contributed by atoms with Crippen LogP contribution < -0.4 is 5.32 Å². The van der Waals surface area contributed by atoms with Gasteiger partial charge in [0, 0.05) is 42.1 Å². The number of likely N-dealkylation sites (tertiary alicyclic amines) is 1. The highest BCUT2D eigenvalue weighted by molar-refractivity contribution is 6.30. The Bertz CT molecular complexity index is 764. The second-order valence-corrected chi connectivity index (χ2v) is 7.33. The molecule has 2 heterocycles. The summed E-state index contributed by atoms with van der Waals surface area (Å²) in [5, 5.41) is 7.50. The van der Waals surface area contributed by atoms with Crippen LogP contribution in [0.5, 0.6) is 0 Å². The molecule has 1 N–H and O–H groups in total. The summed E-state index contributed by atoms with van der Waals surface area (Å²) < 4.78 is 15.6. The van der Waals surface area contributed by atoms with Crippen LogP contribution in [0.3, 0.4) is 0 Å². The van der Waals surface area contributed by atoms with Gasteiger partial charge in [0.15, 0.2) is 0 Å². The summed E-state index contributed by atoms with van der Waals surface area (Å²) in [6.45, 7) is 5.32. The maximum absolute atomic E-state index is 13.9. The highest BCUT2D eigenvalue weighted by Crippen LogP contribution is 2.23. The Kier molecular flexibility index (Phi) is 6.27. The summed E-state index contributed by atoms with van der Waals surface area (Å²) in [5.74, 6) is 0.258. The lowest BCUT2D eigenvalue weighted by atomic mass is 10.1. The van der Waals surface area contributed by atoms with Crippen molar-refractivity contribution in [1.82, 2.24) is 20.0 Å². The number of halogens is 2. The summed E-state index contributed by atoms with van der Waals surface area (Å²) in [6, 6.07) is 6.72. The van der Waals surface area contributed by atoms with Crippen molar-refractivity contribution in [3.8, 4) is 0 Å². The predicted molar refractivity (Wildman–Crippen MR) is 99.4 cm³/mol. The third-order valence-corrected chi connectivity index (χ3v) is 5.11. The van der Waals surface area contributed by atoms with Gasteiger partial charge in [0.2, 0.25) is 5.91 Å². The fraction of sp³-hybridized carbons (Fsp3) is 0.474. The van der Waals surface area contributed by atoms with Crippen molar-refractivity contribution in [2.45, 2.75) is 32.9 Å². The van der Waals surface area contributed by atoms with Gasteiger partial charge in [-0.25, -0.2) is 4.39 Å². The fourth-order valence-corrected chi connectivity index (χ4v) is 3.51. The number of nitrogens with one attached hydrogen (secondary N) is 1. The highest BCUT2D eigenvalue weighted by Gasteiger charge is 2.23. The lowest BCUT2D eigenvalue weighted by molar-refractivity contribution is -0.121. The Morgan fingerprint density at radius 3 is 3.00 bits per heavy atom. The van der Waals surface area contributed by atoms with Crippen molar-refractivity contribution in [2.24, 2.45) is 5.92 Å². The molecule has 1 unspecified atom stereocenters. The normalized spacial score (nSPS) is 17.6. The first kappa shape index (κ1) is 18.9. The van der Waals surface area contributed by atoms with E-state index >= 15 is 0 Å². The first-order valence-electron chi connectivity index (χ1n) is 8.92. The van der Waals surface area contributed by atoms with Gasteiger partial charge >= 0.3 is 0 Å². The first-order chi connectivity index (χ1) is 12.5. The van der Waals surface area contributed by atoms with Gasteiger partial charge in [0.25, 0.3) is 0 Å². The molecule has 1 amide bonds. The van der Waals surface area contributed by atoms with E-state index in [1.807, 2.05) is 13.0 Å². The van der Waals surface area contributed by atoms with E-state index in [4.69, 9.17) is 11.6 Å².